The van der Waals surface area contributed by atoms with Gasteiger partial charge in [0.1, 0.15) is 0 Å². The highest BCUT2D eigenvalue weighted by atomic mass is 16.2. The molecular formula is C13H22N4O. The molecule has 0 bridgehead atoms. The molecule has 1 N–H and O–H groups in total. The number of nitrogens with zero attached hydrogens (tertiary/aromatic N) is 3. The van der Waals surface area contributed by atoms with Crippen LogP contribution in [0.5, 0.6) is 0 Å². The summed E-state index contributed by atoms with van der Waals surface area (Å²) in [4.78, 5) is 13.9. The van der Waals surface area contributed by atoms with Gasteiger partial charge in [-0.1, -0.05) is 6.92 Å². The van der Waals surface area contributed by atoms with Gasteiger partial charge in [-0.3, -0.25) is 4.68 Å². The second-order valence-corrected chi connectivity index (χ2v) is 4.83. The Kier molecular flexibility index (Phi) is 4.23. The van der Waals surface area contributed by atoms with Crippen LogP contribution in [0.1, 0.15) is 37.4 Å². The Balaban J connectivity index is 1.88. The van der Waals surface area contributed by atoms with Crippen molar-refractivity contribution in [3.05, 3.63) is 17.5 Å². The van der Waals surface area contributed by atoms with Crippen molar-refractivity contribution in [3.63, 3.8) is 0 Å². The molecule has 100 valence electrons. The zero-order valence-electron chi connectivity index (χ0n) is 11.3. The molecule has 18 heavy (non-hydrogen) atoms. The molecule has 1 aromatic heterocycles. The number of nitrogens with one attached hydrogen (secondary N) is 1. The lowest BCUT2D eigenvalue weighted by atomic mass is 10.1. The first-order valence-corrected chi connectivity index (χ1v) is 6.75. The molecule has 2 amide bonds. The van der Waals surface area contributed by atoms with E-state index in [1.54, 1.807) is 4.68 Å². The van der Waals surface area contributed by atoms with Gasteiger partial charge in [0.15, 0.2) is 0 Å². The molecule has 5 heteroatoms. The van der Waals surface area contributed by atoms with Gasteiger partial charge in [0.05, 0.1) is 5.69 Å². The Labute approximate surface area is 108 Å². The van der Waals surface area contributed by atoms with E-state index in [0.29, 0.717) is 6.54 Å². The summed E-state index contributed by atoms with van der Waals surface area (Å²) < 4.78 is 1.81. The van der Waals surface area contributed by atoms with Gasteiger partial charge >= 0.3 is 6.03 Å². The van der Waals surface area contributed by atoms with Gasteiger partial charge in [-0.05, 0) is 25.7 Å². The maximum Gasteiger partial charge on any atom is 0.317 e. The molecule has 0 spiro atoms. The molecule has 1 saturated heterocycles. The fourth-order valence-corrected chi connectivity index (χ4v) is 2.41. The van der Waals surface area contributed by atoms with E-state index in [1.165, 1.54) is 6.42 Å². The Morgan fingerprint density at radius 2 is 2.11 bits per heavy atom. The molecule has 0 aliphatic carbocycles. The number of urea groups is 1. The molecule has 0 aromatic carbocycles. The van der Waals surface area contributed by atoms with Crippen molar-refractivity contribution in [2.24, 2.45) is 7.05 Å². The van der Waals surface area contributed by atoms with Crippen LogP contribution in [0.4, 0.5) is 4.79 Å². The number of hydrogen-bond donors (Lipinski definition) is 1. The number of carbonyl (C=O) groups is 1. The van der Waals surface area contributed by atoms with Gasteiger partial charge in [-0.25, -0.2) is 4.79 Å². The predicted molar refractivity (Wildman–Crippen MR) is 70.2 cm³/mol. The van der Waals surface area contributed by atoms with Gasteiger partial charge in [-0.15, -0.1) is 0 Å². The van der Waals surface area contributed by atoms with Crippen molar-refractivity contribution in [2.75, 3.05) is 13.1 Å². The smallest absolute Gasteiger partial charge is 0.317 e. The average molecular weight is 250 g/mol. The molecular weight excluding hydrogens is 228 g/mol. The van der Waals surface area contributed by atoms with E-state index >= 15 is 0 Å². The van der Waals surface area contributed by atoms with Crippen LogP contribution in [0.25, 0.3) is 0 Å². The highest BCUT2D eigenvalue weighted by Gasteiger charge is 2.16. The number of piperidine rings is 1. The summed E-state index contributed by atoms with van der Waals surface area (Å²) in [6, 6.07) is 0.0561. The van der Waals surface area contributed by atoms with Gasteiger partial charge in [0.25, 0.3) is 0 Å². The number of aromatic nitrogens is 2. The van der Waals surface area contributed by atoms with Gasteiger partial charge in [0, 0.05) is 38.4 Å². The lowest BCUT2D eigenvalue weighted by Gasteiger charge is -2.26. The van der Waals surface area contributed by atoms with Crippen LogP contribution in [0, 0.1) is 0 Å². The second-order valence-electron chi connectivity index (χ2n) is 4.83. The molecule has 0 radical (unpaired) electrons. The quantitative estimate of drug-likeness (QED) is 0.887. The number of aryl methyl sites for hydroxylation is 2. The van der Waals surface area contributed by atoms with Crippen molar-refractivity contribution in [1.29, 1.82) is 0 Å². The fraction of sp³-hybridized carbons (Fsp3) is 0.692. The summed E-state index contributed by atoms with van der Waals surface area (Å²) >= 11 is 0. The molecule has 1 aliphatic rings. The van der Waals surface area contributed by atoms with E-state index in [1.807, 2.05) is 18.1 Å². The van der Waals surface area contributed by atoms with E-state index in [-0.39, 0.29) is 6.03 Å². The zero-order valence-corrected chi connectivity index (χ0v) is 11.3. The van der Waals surface area contributed by atoms with Crippen LogP contribution < -0.4 is 5.32 Å². The Morgan fingerprint density at radius 3 is 2.78 bits per heavy atom. The number of rotatable bonds is 3. The van der Waals surface area contributed by atoms with Crippen LogP contribution in [-0.2, 0) is 20.0 Å². The highest BCUT2D eigenvalue weighted by Crippen LogP contribution is 2.10. The average Bonchev–Trinajstić information content (AvgIpc) is 2.77. The summed E-state index contributed by atoms with van der Waals surface area (Å²) in [6.45, 7) is 4.43. The second kappa shape index (κ2) is 5.89. The summed E-state index contributed by atoms with van der Waals surface area (Å²) in [6.07, 6.45) is 6.37. The maximum atomic E-state index is 12.0. The topological polar surface area (TPSA) is 50.2 Å². The first-order chi connectivity index (χ1) is 8.70. The first kappa shape index (κ1) is 12.9. The number of likely N-dealkylation sites (tertiary alicyclic amines) is 1. The van der Waals surface area contributed by atoms with E-state index in [4.69, 9.17) is 0 Å². The molecule has 2 rings (SSSR count). The molecule has 0 atom stereocenters. The number of amides is 2. The molecule has 1 aliphatic heterocycles. The monoisotopic (exact) mass is 250 g/mol. The van der Waals surface area contributed by atoms with Crippen LogP contribution in [-0.4, -0.2) is 33.8 Å². The van der Waals surface area contributed by atoms with E-state index < -0.39 is 0 Å². The molecule has 2 heterocycles. The first-order valence-electron chi connectivity index (χ1n) is 6.75. The standard InChI is InChI=1S/C13H22N4O/c1-3-12-11(10-16(2)15-12)9-14-13(18)17-7-5-4-6-8-17/h10H,3-9H2,1-2H3,(H,14,18). The predicted octanol–water partition coefficient (Wildman–Crippen LogP) is 1.68. The molecule has 0 saturated carbocycles. The Hall–Kier alpha value is -1.52. The largest absolute Gasteiger partial charge is 0.334 e. The molecule has 0 unspecified atom stereocenters. The van der Waals surface area contributed by atoms with Crippen molar-refractivity contribution in [2.45, 2.75) is 39.2 Å². The fourth-order valence-electron chi connectivity index (χ4n) is 2.41. The molecule has 5 nitrogen and oxygen atoms in total. The molecule has 1 fully saturated rings. The minimum absolute atomic E-state index is 0.0561. The van der Waals surface area contributed by atoms with E-state index in [9.17, 15) is 4.79 Å². The Morgan fingerprint density at radius 1 is 1.39 bits per heavy atom. The van der Waals surface area contributed by atoms with Gasteiger partial charge in [0.2, 0.25) is 0 Å². The summed E-state index contributed by atoms with van der Waals surface area (Å²) in [7, 11) is 1.91. The normalized spacial score (nSPS) is 15.8. The maximum absolute atomic E-state index is 12.0. The van der Waals surface area contributed by atoms with E-state index in [0.717, 1.165) is 43.6 Å². The van der Waals surface area contributed by atoms with Crippen LogP contribution in [0.15, 0.2) is 6.20 Å². The van der Waals surface area contributed by atoms with Crippen molar-refractivity contribution >= 4 is 6.03 Å². The summed E-state index contributed by atoms with van der Waals surface area (Å²) in [5.74, 6) is 0. The van der Waals surface area contributed by atoms with Gasteiger partial charge < -0.3 is 10.2 Å². The number of hydrogen-bond acceptors (Lipinski definition) is 2. The highest BCUT2D eigenvalue weighted by molar-refractivity contribution is 5.74. The van der Waals surface area contributed by atoms with Crippen LogP contribution >= 0.6 is 0 Å². The minimum Gasteiger partial charge on any atom is -0.334 e. The van der Waals surface area contributed by atoms with Crippen LogP contribution in [0.2, 0.25) is 0 Å². The number of carbonyl (C=O) groups excluding carboxylic acids is 1. The van der Waals surface area contributed by atoms with E-state index in [2.05, 4.69) is 17.3 Å². The summed E-state index contributed by atoms with van der Waals surface area (Å²) in [5, 5.41) is 7.36. The van der Waals surface area contributed by atoms with Gasteiger partial charge in [-0.2, -0.15) is 5.10 Å². The van der Waals surface area contributed by atoms with Crippen LogP contribution in [0.3, 0.4) is 0 Å². The SMILES string of the molecule is CCc1nn(C)cc1CNC(=O)N1CCCCC1. The third kappa shape index (κ3) is 3.03. The lowest BCUT2D eigenvalue weighted by molar-refractivity contribution is 0.186. The Bertz CT molecular complexity index is 407. The zero-order chi connectivity index (χ0) is 13.0. The van der Waals surface area contributed by atoms with Crippen molar-refractivity contribution in [1.82, 2.24) is 20.0 Å². The van der Waals surface area contributed by atoms with Crippen molar-refractivity contribution < 1.29 is 4.79 Å². The molecule has 1 aromatic rings. The third-order valence-electron chi connectivity index (χ3n) is 3.40. The minimum atomic E-state index is 0.0561. The third-order valence-corrected chi connectivity index (χ3v) is 3.40. The lowest BCUT2D eigenvalue weighted by Crippen LogP contribution is -2.42. The summed E-state index contributed by atoms with van der Waals surface area (Å²) in [5.41, 5.74) is 2.18. The van der Waals surface area contributed by atoms with Crippen molar-refractivity contribution in [3.8, 4) is 0 Å².